The van der Waals surface area contributed by atoms with Crippen LogP contribution in [0.2, 0.25) is 0 Å². The van der Waals surface area contributed by atoms with Gasteiger partial charge in [-0.1, -0.05) is 24.3 Å². The monoisotopic (exact) mass is 427 g/mol. The van der Waals surface area contributed by atoms with Crippen molar-refractivity contribution < 1.29 is 24.2 Å². The number of ether oxygens (including phenoxy) is 1. The Morgan fingerprint density at radius 2 is 1.55 bits per heavy atom. The van der Waals surface area contributed by atoms with Crippen LogP contribution < -0.4 is 16.0 Å². The Hall–Kier alpha value is -3.55. The molecule has 0 heterocycles. The summed E-state index contributed by atoms with van der Waals surface area (Å²) in [6, 6.07) is 12.7. The molecule has 0 saturated carbocycles. The summed E-state index contributed by atoms with van der Waals surface area (Å²) in [4.78, 5) is 36.0. The molecule has 31 heavy (non-hydrogen) atoms. The lowest BCUT2D eigenvalue weighted by Crippen LogP contribution is -2.47. The van der Waals surface area contributed by atoms with Gasteiger partial charge in [0.15, 0.2) is 0 Å². The second kappa shape index (κ2) is 10.5. The van der Waals surface area contributed by atoms with E-state index in [1.165, 1.54) is 19.1 Å². The number of benzene rings is 2. The maximum Gasteiger partial charge on any atom is 0.412 e. The van der Waals surface area contributed by atoms with Crippen LogP contribution in [0.15, 0.2) is 48.5 Å². The number of phenols is 1. The minimum atomic E-state index is -0.741. The predicted octanol–water partition coefficient (Wildman–Crippen LogP) is 3.10. The Morgan fingerprint density at radius 3 is 2.10 bits per heavy atom. The van der Waals surface area contributed by atoms with E-state index in [0.29, 0.717) is 12.1 Å². The Labute approximate surface area is 182 Å². The first-order valence-corrected chi connectivity index (χ1v) is 9.93. The molecule has 2 aromatic rings. The molecule has 0 unspecified atom stereocenters. The fraction of sp³-hybridized carbons (Fsp3) is 0.348. The summed E-state index contributed by atoms with van der Waals surface area (Å²) >= 11 is 0. The third kappa shape index (κ3) is 8.77. The minimum absolute atomic E-state index is 0.133. The van der Waals surface area contributed by atoms with Crippen LogP contribution in [0.1, 0.15) is 38.8 Å². The lowest BCUT2D eigenvalue weighted by molar-refractivity contribution is -0.128. The molecule has 3 amide bonds. The van der Waals surface area contributed by atoms with Gasteiger partial charge in [0.1, 0.15) is 17.4 Å². The van der Waals surface area contributed by atoms with Crippen LogP contribution in [0.3, 0.4) is 0 Å². The van der Waals surface area contributed by atoms with Gasteiger partial charge in [0.05, 0.1) is 0 Å². The smallest absolute Gasteiger partial charge is 0.412 e. The SMILES string of the molecule is CC(=O)N[C@@H](Cc1ccc(O)cc1)C(=O)NCc1ccc(NC(=O)OC(C)(C)C)cc1. The van der Waals surface area contributed by atoms with E-state index < -0.39 is 17.7 Å². The van der Waals surface area contributed by atoms with Crippen molar-refractivity contribution in [2.24, 2.45) is 0 Å². The van der Waals surface area contributed by atoms with E-state index in [-0.39, 0.29) is 24.1 Å². The molecule has 0 spiro atoms. The normalized spacial score (nSPS) is 11.9. The lowest BCUT2D eigenvalue weighted by Gasteiger charge is -2.20. The molecule has 0 aromatic heterocycles. The van der Waals surface area contributed by atoms with E-state index in [1.807, 2.05) is 0 Å². The maximum absolute atomic E-state index is 12.6. The molecule has 0 aliphatic heterocycles. The molecule has 2 rings (SSSR count). The summed E-state index contributed by atoms with van der Waals surface area (Å²) in [6.07, 6.45) is -0.245. The van der Waals surface area contributed by atoms with Crippen LogP contribution >= 0.6 is 0 Å². The van der Waals surface area contributed by atoms with Gasteiger partial charge in [0, 0.05) is 25.6 Å². The van der Waals surface area contributed by atoms with Gasteiger partial charge in [-0.05, 0) is 56.2 Å². The molecular weight excluding hydrogens is 398 g/mol. The van der Waals surface area contributed by atoms with Crippen molar-refractivity contribution in [2.45, 2.75) is 52.3 Å². The van der Waals surface area contributed by atoms with E-state index >= 15 is 0 Å². The summed E-state index contributed by atoms with van der Waals surface area (Å²) in [5.74, 6) is -0.496. The summed E-state index contributed by atoms with van der Waals surface area (Å²) in [5.41, 5.74) is 1.63. The zero-order chi connectivity index (χ0) is 23.0. The van der Waals surface area contributed by atoms with Crippen LogP contribution in [-0.4, -0.2) is 34.7 Å². The van der Waals surface area contributed by atoms with Gasteiger partial charge >= 0.3 is 6.09 Å². The van der Waals surface area contributed by atoms with E-state index in [2.05, 4.69) is 16.0 Å². The molecule has 0 fully saturated rings. The zero-order valence-corrected chi connectivity index (χ0v) is 18.2. The third-order valence-electron chi connectivity index (χ3n) is 4.14. The third-order valence-corrected chi connectivity index (χ3v) is 4.14. The first-order valence-electron chi connectivity index (χ1n) is 9.93. The average Bonchev–Trinajstić information content (AvgIpc) is 2.66. The van der Waals surface area contributed by atoms with Crippen molar-refractivity contribution in [3.05, 3.63) is 59.7 Å². The minimum Gasteiger partial charge on any atom is -0.508 e. The molecule has 0 aliphatic carbocycles. The summed E-state index contributed by atoms with van der Waals surface area (Å²) in [5, 5.41) is 17.5. The molecule has 0 radical (unpaired) electrons. The van der Waals surface area contributed by atoms with Crippen LogP contribution in [-0.2, 0) is 27.3 Å². The first kappa shape index (κ1) is 23.7. The van der Waals surface area contributed by atoms with Crippen LogP contribution in [0.4, 0.5) is 10.5 Å². The number of hydrogen-bond acceptors (Lipinski definition) is 5. The Kier molecular flexibility index (Phi) is 8.01. The number of anilines is 1. The molecule has 0 aliphatic rings. The van der Waals surface area contributed by atoms with Gasteiger partial charge in [0.2, 0.25) is 11.8 Å². The Balaban J connectivity index is 1.93. The molecule has 0 saturated heterocycles. The number of carbonyl (C=O) groups excluding carboxylic acids is 3. The van der Waals surface area contributed by atoms with Gasteiger partial charge < -0.3 is 20.5 Å². The van der Waals surface area contributed by atoms with Gasteiger partial charge in [0.25, 0.3) is 0 Å². The standard InChI is InChI=1S/C23H29N3O5/c1-15(27)25-20(13-16-7-11-19(28)12-8-16)21(29)24-14-17-5-9-18(10-6-17)26-22(30)31-23(2,3)4/h5-12,20,28H,13-14H2,1-4H3,(H,24,29)(H,25,27)(H,26,30)/t20-/m0/s1. The summed E-state index contributed by atoms with van der Waals surface area (Å²) in [7, 11) is 0. The second-order valence-corrected chi connectivity index (χ2v) is 8.17. The lowest BCUT2D eigenvalue weighted by atomic mass is 10.0. The van der Waals surface area contributed by atoms with Crippen molar-refractivity contribution >= 4 is 23.6 Å². The molecule has 0 bridgehead atoms. The number of amides is 3. The van der Waals surface area contributed by atoms with Crippen LogP contribution in [0, 0.1) is 0 Å². The average molecular weight is 428 g/mol. The summed E-state index contributed by atoms with van der Waals surface area (Å²) < 4.78 is 5.21. The quantitative estimate of drug-likeness (QED) is 0.542. The maximum atomic E-state index is 12.6. The largest absolute Gasteiger partial charge is 0.508 e. The highest BCUT2D eigenvalue weighted by atomic mass is 16.6. The van der Waals surface area contributed by atoms with Gasteiger partial charge in [-0.25, -0.2) is 4.79 Å². The Bertz CT molecular complexity index is 902. The number of phenolic OH excluding ortho intramolecular Hbond substituents is 1. The Morgan fingerprint density at radius 1 is 0.968 bits per heavy atom. The highest BCUT2D eigenvalue weighted by molar-refractivity contribution is 5.87. The number of rotatable bonds is 7. The van der Waals surface area contributed by atoms with E-state index in [0.717, 1.165) is 11.1 Å². The van der Waals surface area contributed by atoms with Crippen molar-refractivity contribution in [2.75, 3.05) is 5.32 Å². The van der Waals surface area contributed by atoms with Gasteiger partial charge in [-0.3, -0.25) is 14.9 Å². The molecule has 2 aromatic carbocycles. The number of aromatic hydroxyl groups is 1. The second-order valence-electron chi connectivity index (χ2n) is 8.17. The van der Waals surface area contributed by atoms with Gasteiger partial charge in [-0.15, -0.1) is 0 Å². The molecule has 166 valence electrons. The number of hydrogen-bond donors (Lipinski definition) is 4. The van der Waals surface area contributed by atoms with E-state index in [4.69, 9.17) is 4.74 Å². The highest BCUT2D eigenvalue weighted by Gasteiger charge is 2.20. The fourth-order valence-corrected chi connectivity index (χ4v) is 2.76. The topological polar surface area (TPSA) is 117 Å². The molecule has 1 atom stereocenters. The van der Waals surface area contributed by atoms with Crippen LogP contribution in [0.5, 0.6) is 5.75 Å². The molecule has 4 N–H and O–H groups in total. The fourth-order valence-electron chi connectivity index (χ4n) is 2.76. The van der Waals surface area contributed by atoms with E-state index in [1.54, 1.807) is 57.2 Å². The number of carbonyl (C=O) groups is 3. The van der Waals surface area contributed by atoms with Crippen molar-refractivity contribution in [3.63, 3.8) is 0 Å². The molecule has 8 heteroatoms. The first-order chi connectivity index (χ1) is 14.5. The molecule has 8 nitrogen and oxygen atoms in total. The van der Waals surface area contributed by atoms with Crippen LogP contribution in [0.25, 0.3) is 0 Å². The van der Waals surface area contributed by atoms with Crippen molar-refractivity contribution in [3.8, 4) is 5.75 Å². The zero-order valence-electron chi connectivity index (χ0n) is 18.2. The van der Waals surface area contributed by atoms with Crippen molar-refractivity contribution in [1.82, 2.24) is 10.6 Å². The predicted molar refractivity (Wildman–Crippen MR) is 118 cm³/mol. The molecular formula is C23H29N3O5. The highest BCUT2D eigenvalue weighted by Crippen LogP contribution is 2.14. The van der Waals surface area contributed by atoms with Gasteiger partial charge in [-0.2, -0.15) is 0 Å². The summed E-state index contributed by atoms with van der Waals surface area (Å²) in [6.45, 7) is 6.97. The number of nitrogens with one attached hydrogen (secondary N) is 3. The van der Waals surface area contributed by atoms with Crippen molar-refractivity contribution in [1.29, 1.82) is 0 Å². The van der Waals surface area contributed by atoms with E-state index in [9.17, 15) is 19.5 Å².